The van der Waals surface area contributed by atoms with Crippen LogP contribution in [0.5, 0.6) is 0 Å². The summed E-state index contributed by atoms with van der Waals surface area (Å²) in [7, 11) is 2.08. The summed E-state index contributed by atoms with van der Waals surface area (Å²) in [5.74, 6) is 0.792. The zero-order valence-electron chi connectivity index (χ0n) is 11.8. The first kappa shape index (κ1) is 12.6. The maximum absolute atomic E-state index is 3.47. The summed E-state index contributed by atoms with van der Waals surface area (Å²) in [6.07, 6.45) is 2.50. The van der Waals surface area contributed by atoms with Crippen LogP contribution in [0.3, 0.4) is 0 Å². The van der Waals surface area contributed by atoms with Crippen molar-refractivity contribution in [1.29, 1.82) is 0 Å². The lowest BCUT2D eigenvalue weighted by atomic mass is 9.78. The van der Waals surface area contributed by atoms with Crippen molar-refractivity contribution >= 4 is 0 Å². The lowest BCUT2D eigenvalue weighted by Crippen LogP contribution is -2.26. The second kappa shape index (κ2) is 4.45. The molecule has 0 radical (unpaired) electrons. The Kier molecular flexibility index (Phi) is 3.31. The van der Waals surface area contributed by atoms with Crippen LogP contribution in [-0.4, -0.2) is 7.05 Å². The third-order valence-electron chi connectivity index (χ3n) is 3.94. The fraction of sp³-hybridized carbons (Fsp3) is 0.625. The van der Waals surface area contributed by atoms with Gasteiger partial charge in [0, 0.05) is 6.04 Å². The lowest BCUT2D eigenvalue weighted by molar-refractivity contribution is 0.398. The molecule has 0 saturated heterocycles. The van der Waals surface area contributed by atoms with Gasteiger partial charge < -0.3 is 5.32 Å². The second-order valence-electron chi connectivity index (χ2n) is 6.55. The number of nitrogens with one attached hydrogen (secondary N) is 1. The van der Waals surface area contributed by atoms with E-state index < -0.39 is 0 Å². The van der Waals surface area contributed by atoms with Crippen LogP contribution < -0.4 is 5.32 Å². The highest BCUT2D eigenvalue weighted by Gasteiger charge is 2.25. The largest absolute Gasteiger partial charge is 0.313 e. The van der Waals surface area contributed by atoms with Crippen LogP contribution in [0.1, 0.15) is 56.8 Å². The Hall–Kier alpha value is -0.820. The lowest BCUT2D eigenvalue weighted by Gasteiger charge is -2.31. The van der Waals surface area contributed by atoms with E-state index in [4.69, 9.17) is 0 Å². The van der Waals surface area contributed by atoms with E-state index in [9.17, 15) is 0 Å². The van der Waals surface area contributed by atoms with Gasteiger partial charge in [-0.05, 0) is 47.9 Å². The van der Waals surface area contributed by atoms with E-state index in [1.165, 1.54) is 29.5 Å². The molecule has 0 heterocycles. The fourth-order valence-electron chi connectivity index (χ4n) is 2.83. The van der Waals surface area contributed by atoms with Gasteiger partial charge in [-0.1, -0.05) is 45.9 Å². The van der Waals surface area contributed by atoms with Crippen molar-refractivity contribution in [1.82, 2.24) is 5.32 Å². The van der Waals surface area contributed by atoms with Gasteiger partial charge in [0.15, 0.2) is 0 Å². The van der Waals surface area contributed by atoms with Gasteiger partial charge in [-0.25, -0.2) is 0 Å². The smallest absolute Gasteiger partial charge is 0.0323 e. The van der Waals surface area contributed by atoms with Crippen LogP contribution in [-0.2, 0) is 11.8 Å². The first-order chi connectivity index (χ1) is 7.91. The maximum Gasteiger partial charge on any atom is 0.0323 e. The van der Waals surface area contributed by atoms with E-state index >= 15 is 0 Å². The molecule has 0 amide bonds. The standard InChI is InChI=1S/C16H25N/c1-11-8-12-6-7-13(16(2,3)4)10-14(12)15(9-11)17-5/h6-7,10-11,15,17H,8-9H2,1-5H3. The molecule has 2 unspecified atom stereocenters. The highest BCUT2D eigenvalue weighted by Crippen LogP contribution is 2.35. The molecular formula is C16H25N. The number of hydrogen-bond donors (Lipinski definition) is 1. The van der Waals surface area contributed by atoms with Crippen molar-refractivity contribution in [2.24, 2.45) is 5.92 Å². The van der Waals surface area contributed by atoms with Crippen molar-refractivity contribution in [2.45, 2.75) is 52.0 Å². The van der Waals surface area contributed by atoms with E-state index in [0.717, 1.165) is 5.92 Å². The Morgan fingerprint density at radius 2 is 1.94 bits per heavy atom. The molecule has 0 fully saturated rings. The highest BCUT2D eigenvalue weighted by molar-refractivity contribution is 5.39. The Bertz CT molecular complexity index is 400. The molecule has 0 saturated carbocycles. The minimum Gasteiger partial charge on any atom is -0.313 e. The average molecular weight is 231 g/mol. The molecule has 0 bridgehead atoms. The van der Waals surface area contributed by atoms with Gasteiger partial charge in [0.25, 0.3) is 0 Å². The minimum absolute atomic E-state index is 0.246. The molecule has 0 aromatic heterocycles. The Morgan fingerprint density at radius 3 is 2.53 bits per heavy atom. The summed E-state index contributed by atoms with van der Waals surface area (Å²) in [6, 6.07) is 7.61. The summed E-state index contributed by atoms with van der Waals surface area (Å²) in [5, 5.41) is 3.47. The topological polar surface area (TPSA) is 12.0 Å². The molecule has 1 N–H and O–H groups in total. The predicted molar refractivity (Wildman–Crippen MR) is 74.4 cm³/mol. The molecule has 1 nitrogen and oxygen atoms in total. The van der Waals surface area contributed by atoms with E-state index in [-0.39, 0.29) is 5.41 Å². The number of rotatable bonds is 1. The van der Waals surface area contributed by atoms with Crippen molar-refractivity contribution < 1.29 is 0 Å². The third-order valence-corrected chi connectivity index (χ3v) is 3.94. The fourth-order valence-corrected chi connectivity index (χ4v) is 2.83. The predicted octanol–water partition coefficient (Wildman–Crippen LogP) is 3.83. The number of hydrogen-bond acceptors (Lipinski definition) is 1. The van der Waals surface area contributed by atoms with Gasteiger partial charge >= 0.3 is 0 Å². The Morgan fingerprint density at radius 1 is 1.24 bits per heavy atom. The molecule has 2 rings (SSSR count). The van der Waals surface area contributed by atoms with Crippen molar-refractivity contribution in [3.05, 3.63) is 34.9 Å². The highest BCUT2D eigenvalue weighted by atomic mass is 14.9. The summed E-state index contributed by atoms with van der Waals surface area (Å²) in [6.45, 7) is 9.21. The summed E-state index contributed by atoms with van der Waals surface area (Å²) < 4.78 is 0. The number of fused-ring (bicyclic) bond motifs is 1. The summed E-state index contributed by atoms with van der Waals surface area (Å²) >= 11 is 0. The summed E-state index contributed by atoms with van der Waals surface area (Å²) in [5.41, 5.74) is 4.76. The van der Waals surface area contributed by atoms with E-state index in [0.29, 0.717) is 6.04 Å². The zero-order chi connectivity index (χ0) is 12.6. The van der Waals surface area contributed by atoms with Gasteiger partial charge in [-0.2, -0.15) is 0 Å². The van der Waals surface area contributed by atoms with Crippen LogP contribution in [0.15, 0.2) is 18.2 Å². The van der Waals surface area contributed by atoms with Crippen LogP contribution in [0.2, 0.25) is 0 Å². The van der Waals surface area contributed by atoms with Crippen LogP contribution >= 0.6 is 0 Å². The Balaban J connectivity index is 2.43. The molecule has 94 valence electrons. The van der Waals surface area contributed by atoms with Gasteiger partial charge in [0.05, 0.1) is 0 Å². The quantitative estimate of drug-likeness (QED) is 0.774. The van der Waals surface area contributed by atoms with Gasteiger partial charge in [-0.3, -0.25) is 0 Å². The molecule has 1 aliphatic rings. The van der Waals surface area contributed by atoms with Crippen LogP contribution in [0.25, 0.3) is 0 Å². The van der Waals surface area contributed by atoms with Gasteiger partial charge in [0.2, 0.25) is 0 Å². The van der Waals surface area contributed by atoms with E-state index in [1.54, 1.807) is 0 Å². The van der Waals surface area contributed by atoms with Crippen molar-refractivity contribution in [2.75, 3.05) is 7.05 Å². The molecule has 0 aliphatic heterocycles. The molecule has 1 aromatic rings. The number of benzene rings is 1. The Labute approximate surface area is 106 Å². The monoisotopic (exact) mass is 231 g/mol. The first-order valence-electron chi connectivity index (χ1n) is 6.72. The SMILES string of the molecule is CNC1CC(C)Cc2ccc(C(C)(C)C)cc21. The minimum atomic E-state index is 0.246. The first-order valence-corrected chi connectivity index (χ1v) is 6.72. The van der Waals surface area contributed by atoms with Crippen molar-refractivity contribution in [3.8, 4) is 0 Å². The summed E-state index contributed by atoms with van der Waals surface area (Å²) in [4.78, 5) is 0. The van der Waals surface area contributed by atoms with Gasteiger partial charge in [-0.15, -0.1) is 0 Å². The van der Waals surface area contributed by atoms with Gasteiger partial charge in [0.1, 0.15) is 0 Å². The maximum atomic E-state index is 3.47. The second-order valence-corrected chi connectivity index (χ2v) is 6.55. The zero-order valence-corrected chi connectivity index (χ0v) is 11.8. The average Bonchev–Trinajstić information content (AvgIpc) is 2.25. The molecule has 1 aromatic carbocycles. The normalized spacial score (nSPS) is 24.5. The molecule has 1 heteroatoms. The molecule has 0 spiro atoms. The van der Waals surface area contributed by atoms with E-state index in [1.807, 2.05) is 0 Å². The van der Waals surface area contributed by atoms with Crippen LogP contribution in [0.4, 0.5) is 0 Å². The molecule has 1 aliphatic carbocycles. The van der Waals surface area contributed by atoms with Crippen LogP contribution in [0, 0.1) is 5.92 Å². The molecule has 17 heavy (non-hydrogen) atoms. The third kappa shape index (κ3) is 2.55. The van der Waals surface area contributed by atoms with Crippen molar-refractivity contribution in [3.63, 3.8) is 0 Å². The van der Waals surface area contributed by atoms with E-state index in [2.05, 4.69) is 58.3 Å². The molecular weight excluding hydrogens is 206 g/mol. The molecule has 2 atom stereocenters.